The van der Waals surface area contributed by atoms with Gasteiger partial charge in [-0.25, -0.2) is 9.18 Å². The summed E-state index contributed by atoms with van der Waals surface area (Å²) in [5.41, 5.74) is 0.366. The van der Waals surface area contributed by atoms with E-state index in [-0.39, 0.29) is 11.9 Å². The van der Waals surface area contributed by atoms with Crippen molar-refractivity contribution >= 4 is 33.6 Å². The van der Waals surface area contributed by atoms with E-state index in [2.05, 4.69) is 21.2 Å². The number of carboxylic acids is 1. The molecule has 1 fully saturated rings. The maximum absolute atomic E-state index is 13.3. The lowest BCUT2D eigenvalue weighted by Crippen LogP contribution is -2.54. The first-order chi connectivity index (χ1) is 9.38. The van der Waals surface area contributed by atoms with E-state index in [0.717, 1.165) is 0 Å². The largest absolute Gasteiger partial charge is 0.481 e. The van der Waals surface area contributed by atoms with Crippen molar-refractivity contribution in [3.63, 3.8) is 0 Å². The first kappa shape index (κ1) is 14.8. The number of aliphatic carboxylic acids is 1. The lowest BCUT2D eigenvalue weighted by Gasteiger charge is -2.41. The predicted molar refractivity (Wildman–Crippen MR) is 75.0 cm³/mol. The number of hydrogen-bond donors (Lipinski definition) is 2. The molecule has 2 amide bonds. The number of carbonyl (C=O) groups is 2. The van der Waals surface area contributed by atoms with Gasteiger partial charge in [-0.1, -0.05) is 6.92 Å². The molecule has 1 heterocycles. The zero-order valence-corrected chi connectivity index (χ0v) is 12.4. The number of nitrogens with zero attached hydrogens (tertiary/aromatic N) is 1. The average Bonchev–Trinajstić information content (AvgIpc) is 2.31. The van der Waals surface area contributed by atoms with Crippen molar-refractivity contribution in [1.82, 2.24) is 4.90 Å². The Hall–Kier alpha value is -1.63. The van der Waals surface area contributed by atoms with Crippen LogP contribution in [0.5, 0.6) is 0 Å². The zero-order valence-electron chi connectivity index (χ0n) is 10.8. The molecule has 20 heavy (non-hydrogen) atoms. The Morgan fingerprint density at radius 3 is 2.70 bits per heavy atom. The molecule has 2 N–H and O–H groups in total. The smallest absolute Gasteiger partial charge is 0.321 e. The van der Waals surface area contributed by atoms with Crippen LogP contribution in [-0.4, -0.2) is 35.1 Å². The Labute approximate surface area is 123 Å². The highest BCUT2D eigenvalue weighted by molar-refractivity contribution is 9.10. The molecule has 1 aromatic rings. The van der Waals surface area contributed by atoms with Gasteiger partial charge in [0.1, 0.15) is 5.82 Å². The van der Waals surface area contributed by atoms with Crippen LogP contribution in [0.1, 0.15) is 6.92 Å². The Bertz CT molecular complexity index is 546. The van der Waals surface area contributed by atoms with Crippen LogP contribution in [0.4, 0.5) is 14.9 Å². The molecule has 0 radical (unpaired) electrons. The average molecular weight is 345 g/mol. The first-order valence-electron chi connectivity index (χ1n) is 6.12. The number of hydrogen-bond acceptors (Lipinski definition) is 2. The summed E-state index contributed by atoms with van der Waals surface area (Å²) < 4.78 is 13.6. The highest BCUT2D eigenvalue weighted by atomic mass is 79.9. The van der Waals surface area contributed by atoms with Gasteiger partial charge in [0.05, 0.1) is 10.4 Å². The van der Waals surface area contributed by atoms with Crippen LogP contribution in [-0.2, 0) is 4.79 Å². The molecule has 5 nitrogen and oxygen atoms in total. The van der Waals surface area contributed by atoms with Crippen molar-refractivity contribution in [1.29, 1.82) is 0 Å². The number of amides is 2. The monoisotopic (exact) mass is 344 g/mol. The van der Waals surface area contributed by atoms with Gasteiger partial charge in [0.25, 0.3) is 0 Å². The van der Waals surface area contributed by atoms with Gasteiger partial charge in [-0.3, -0.25) is 4.79 Å². The molecule has 1 aromatic carbocycles. The van der Waals surface area contributed by atoms with E-state index in [9.17, 15) is 14.0 Å². The van der Waals surface area contributed by atoms with Crippen LogP contribution >= 0.6 is 15.9 Å². The van der Waals surface area contributed by atoms with E-state index in [0.29, 0.717) is 23.2 Å². The van der Waals surface area contributed by atoms with Crippen LogP contribution < -0.4 is 5.32 Å². The van der Waals surface area contributed by atoms with E-state index in [1.165, 1.54) is 17.0 Å². The van der Waals surface area contributed by atoms with E-state index in [1.54, 1.807) is 13.0 Å². The number of urea groups is 1. The van der Waals surface area contributed by atoms with Crippen molar-refractivity contribution in [3.05, 3.63) is 28.5 Å². The van der Waals surface area contributed by atoms with Gasteiger partial charge in [0, 0.05) is 24.7 Å². The lowest BCUT2D eigenvalue weighted by atomic mass is 9.87. The van der Waals surface area contributed by atoms with Gasteiger partial charge in [-0.15, -0.1) is 0 Å². The molecule has 0 aliphatic carbocycles. The minimum absolute atomic E-state index is 0.0279. The number of rotatable bonds is 3. The summed E-state index contributed by atoms with van der Waals surface area (Å²) in [5, 5.41) is 11.4. The third-order valence-electron chi connectivity index (χ3n) is 3.46. The topological polar surface area (TPSA) is 69.6 Å². The van der Waals surface area contributed by atoms with Gasteiger partial charge < -0.3 is 15.3 Å². The summed E-state index contributed by atoms with van der Waals surface area (Å²) in [6.45, 7) is 2.43. The fourth-order valence-electron chi connectivity index (χ4n) is 1.97. The highest BCUT2D eigenvalue weighted by Crippen LogP contribution is 2.25. The van der Waals surface area contributed by atoms with Crippen molar-refractivity contribution < 1.29 is 19.1 Å². The number of nitrogens with one attached hydrogen (secondary N) is 1. The van der Waals surface area contributed by atoms with E-state index < -0.39 is 17.7 Å². The minimum atomic E-state index is -0.856. The number of carbonyl (C=O) groups excluding carboxylic acids is 1. The van der Waals surface area contributed by atoms with Gasteiger partial charge in [-0.05, 0) is 34.1 Å². The van der Waals surface area contributed by atoms with Crippen LogP contribution in [0.2, 0.25) is 0 Å². The second-order valence-electron chi connectivity index (χ2n) is 4.85. The van der Waals surface area contributed by atoms with Crippen LogP contribution in [0.25, 0.3) is 0 Å². The van der Waals surface area contributed by atoms with Crippen molar-refractivity contribution in [2.75, 3.05) is 18.4 Å². The van der Waals surface area contributed by atoms with Crippen molar-refractivity contribution in [2.24, 2.45) is 11.8 Å². The molecule has 0 bridgehead atoms. The Morgan fingerprint density at radius 1 is 1.50 bits per heavy atom. The molecular formula is C13H14BrFN2O3. The van der Waals surface area contributed by atoms with Gasteiger partial charge >= 0.3 is 12.0 Å². The molecular weight excluding hydrogens is 331 g/mol. The standard InChI is InChI=1S/C13H14BrFN2O3/c1-7(12(18)19)8-5-17(6-8)13(20)16-9-2-3-10(14)11(15)4-9/h2-4,7-8H,5-6H2,1H3,(H,16,20)(H,18,19). The molecule has 1 unspecified atom stereocenters. The third kappa shape index (κ3) is 3.09. The second-order valence-corrected chi connectivity index (χ2v) is 5.71. The number of halogens is 2. The lowest BCUT2D eigenvalue weighted by molar-refractivity contribution is -0.144. The summed E-state index contributed by atoms with van der Waals surface area (Å²) in [5.74, 6) is -1.81. The summed E-state index contributed by atoms with van der Waals surface area (Å²) in [6, 6.07) is 3.97. The predicted octanol–water partition coefficient (Wildman–Crippen LogP) is 2.77. The SMILES string of the molecule is CC(C(=O)O)C1CN(C(=O)Nc2ccc(Br)c(F)c2)C1. The fourth-order valence-corrected chi connectivity index (χ4v) is 2.22. The van der Waals surface area contributed by atoms with Crippen molar-refractivity contribution in [3.8, 4) is 0 Å². The Kier molecular flexibility index (Phi) is 4.27. The normalized spacial score (nSPS) is 16.4. The Morgan fingerprint density at radius 2 is 2.15 bits per heavy atom. The van der Waals surface area contributed by atoms with Crippen LogP contribution in [0, 0.1) is 17.7 Å². The molecule has 1 atom stereocenters. The maximum atomic E-state index is 13.3. The van der Waals surface area contributed by atoms with E-state index in [1.807, 2.05) is 0 Å². The number of carboxylic acid groups (broad SMARTS) is 1. The quantitative estimate of drug-likeness (QED) is 0.885. The van der Waals surface area contributed by atoms with E-state index in [4.69, 9.17) is 5.11 Å². The van der Waals surface area contributed by atoms with Crippen LogP contribution in [0.15, 0.2) is 22.7 Å². The Balaban J connectivity index is 1.88. The molecule has 1 aliphatic rings. The first-order valence-corrected chi connectivity index (χ1v) is 6.91. The molecule has 1 saturated heterocycles. The number of likely N-dealkylation sites (tertiary alicyclic amines) is 1. The molecule has 7 heteroatoms. The number of anilines is 1. The molecule has 1 aliphatic heterocycles. The fraction of sp³-hybridized carbons (Fsp3) is 0.385. The van der Waals surface area contributed by atoms with Crippen LogP contribution in [0.3, 0.4) is 0 Å². The molecule has 2 rings (SSSR count). The highest BCUT2D eigenvalue weighted by Gasteiger charge is 2.37. The van der Waals surface area contributed by atoms with Gasteiger partial charge in [0.15, 0.2) is 0 Å². The van der Waals surface area contributed by atoms with Gasteiger partial charge in [-0.2, -0.15) is 0 Å². The summed E-state index contributed by atoms with van der Waals surface area (Å²) in [4.78, 5) is 24.2. The second kappa shape index (κ2) is 5.78. The van der Waals surface area contributed by atoms with Crippen molar-refractivity contribution in [2.45, 2.75) is 6.92 Å². The number of benzene rings is 1. The molecule has 0 saturated carbocycles. The molecule has 0 aromatic heterocycles. The summed E-state index contributed by atoms with van der Waals surface area (Å²) >= 11 is 3.03. The minimum Gasteiger partial charge on any atom is -0.481 e. The molecule has 0 spiro atoms. The summed E-state index contributed by atoms with van der Waals surface area (Å²) in [7, 11) is 0. The molecule has 108 valence electrons. The van der Waals surface area contributed by atoms with E-state index >= 15 is 0 Å². The van der Waals surface area contributed by atoms with Gasteiger partial charge in [0.2, 0.25) is 0 Å². The zero-order chi connectivity index (χ0) is 14.9. The summed E-state index contributed by atoms with van der Waals surface area (Å²) in [6.07, 6.45) is 0. The maximum Gasteiger partial charge on any atom is 0.321 e. The third-order valence-corrected chi connectivity index (χ3v) is 4.11.